The van der Waals surface area contributed by atoms with Gasteiger partial charge in [-0.25, -0.2) is 4.98 Å². The summed E-state index contributed by atoms with van der Waals surface area (Å²) >= 11 is 1.20. The zero-order valence-electron chi connectivity index (χ0n) is 12.6. The van der Waals surface area contributed by atoms with Crippen LogP contribution in [0.25, 0.3) is 11.1 Å². The van der Waals surface area contributed by atoms with Gasteiger partial charge in [0.15, 0.2) is 5.58 Å². The summed E-state index contributed by atoms with van der Waals surface area (Å²) in [5, 5.41) is 5.83. The number of carbonyl (C=O) groups excluding carboxylic acids is 2. The quantitative estimate of drug-likeness (QED) is 0.762. The molecule has 0 aliphatic heterocycles. The SMILES string of the molecule is CCCNC(=O)[C@@H](C)NC(=O)CSc1nc2ccccc2o1. The summed E-state index contributed by atoms with van der Waals surface area (Å²) in [6, 6.07) is 6.87. The second kappa shape index (κ2) is 7.84. The Balaban J connectivity index is 1.81. The van der Waals surface area contributed by atoms with E-state index in [9.17, 15) is 9.59 Å². The number of carbonyl (C=O) groups is 2. The Hall–Kier alpha value is -2.02. The fourth-order valence-corrected chi connectivity index (χ4v) is 2.44. The molecule has 1 aromatic carbocycles. The van der Waals surface area contributed by atoms with Gasteiger partial charge in [0.2, 0.25) is 11.8 Å². The van der Waals surface area contributed by atoms with E-state index < -0.39 is 6.04 Å². The maximum absolute atomic E-state index is 11.8. The van der Waals surface area contributed by atoms with Gasteiger partial charge in [0.25, 0.3) is 5.22 Å². The van der Waals surface area contributed by atoms with Crippen molar-refractivity contribution in [3.05, 3.63) is 24.3 Å². The molecule has 2 amide bonds. The molecular weight excluding hydrogens is 302 g/mol. The standard InChI is InChI=1S/C15H19N3O3S/c1-3-8-16-14(20)10(2)17-13(19)9-22-15-18-11-6-4-5-7-12(11)21-15/h4-7,10H,3,8-9H2,1-2H3,(H,16,20)(H,17,19)/t10-/m1/s1. The number of hydrogen-bond acceptors (Lipinski definition) is 5. The molecule has 2 rings (SSSR count). The van der Waals surface area contributed by atoms with Gasteiger partial charge in [-0.3, -0.25) is 9.59 Å². The van der Waals surface area contributed by atoms with Gasteiger partial charge in [0.1, 0.15) is 11.6 Å². The third kappa shape index (κ3) is 4.49. The maximum Gasteiger partial charge on any atom is 0.257 e. The first-order valence-corrected chi connectivity index (χ1v) is 8.14. The topological polar surface area (TPSA) is 84.2 Å². The molecule has 0 unspecified atom stereocenters. The molecule has 0 spiro atoms. The van der Waals surface area contributed by atoms with Gasteiger partial charge in [-0.05, 0) is 25.5 Å². The van der Waals surface area contributed by atoms with E-state index in [1.54, 1.807) is 6.92 Å². The van der Waals surface area contributed by atoms with E-state index in [4.69, 9.17) is 4.42 Å². The van der Waals surface area contributed by atoms with Gasteiger partial charge >= 0.3 is 0 Å². The molecule has 1 heterocycles. The number of nitrogens with zero attached hydrogens (tertiary/aromatic N) is 1. The van der Waals surface area contributed by atoms with Crippen LogP contribution in [0.3, 0.4) is 0 Å². The number of benzene rings is 1. The molecule has 22 heavy (non-hydrogen) atoms. The predicted octanol–water partition coefficient (Wildman–Crippen LogP) is 1.95. The Morgan fingerprint density at radius 2 is 2.14 bits per heavy atom. The zero-order chi connectivity index (χ0) is 15.9. The number of nitrogens with one attached hydrogen (secondary N) is 2. The Kier molecular flexibility index (Phi) is 5.83. The summed E-state index contributed by atoms with van der Waals surface area (Å²) < 4.78 is 5.52. The molecule has 0 bridgehead atoms. The fraction of sp³-hybridized carbons (Fsp3) is 0.400. The lowest BCUT2D eigenvalue weighted by molar-refractivity contribution is -0.127. The molecule has 1 atom stereocenters. The summed E-state index contributed by atoms with van der Waals surface area (Å²) in [6.07, 6.45) is 0.861. The van der Waals surface area contributed by atoms with Crippen LogP contribution in [0.5, 0.6) is 0 Å². The number of fused-ring (bicyclic) bond motifs is 1. The van der Waals surface area contributed by atoms with Crippen molar-refractivity contribution in [2.24, 2.45) is 0 Å². The smallest absolute Gasteiger partial charge is 0.257 e. The minimum Gasteiger partial charge on any atom is -0.431 e. The molecule has 118 valence electrons. The van der Waals surface area contributed by atoms with E-state index in [2.05, 4.69) is 15.6 Å². The summed E-state index contributed by atoms with van der Waals surface area (Å²) in [7, 11) is 0. The van der Waals surface area contributed by atoms with Crippen LogP contribution in [0.15, 0.2) is 33.9 Å². The molecule has 6 nitrogen and oxygen atoms in total. The molecule has 0 fully saturated rings. The van der Waals surface area contributed by atoms with Crippen molar-refractivity contribution in [1.82, 2.24) is 15.6 Å². The fourth-order valence-electron chi connectivity index (χ4n) is 1.79. The van der Waals surface area contributed by atoms with E-state index in [1.165, 1.54) is 11.8 Å². The predicted molar refractivity (Wildman–Crippen MR) is 85.6 cm³/mol. The van der Waals surface area contributed by atoms with Crippen LogP contribution >= 0.6 is 11.8 Å². The van der Waals surface area contributed by atoms with Gasteiger partial charge < -0.3 is 15.1 Å². The third-order valence-electron chi connectivity index (χ3n) is 2.92. The van der Waals surface area contributed by atoms with Gasteiger partial charge in [-0.15, -0.1) is 0 Å². The van der Waals surface area contributed by atoms with Crippen molar-refractivity contribution >= 4 is 34.7 Å². The molecule has 0 radical (unpaired) electrons. The molecule has 1 aromatic heterocycles. The molecule has 0 saturated heterocycles. The number of thioether (sulfide) groups is 1. The van der Waals surface area contributed by atoms with Crippen molar-refractivity contribution in [3.8, 4) is 0 Å². The Morgan fingerprint density at radius 3 is 2.86 bits per heavy atom. The summed E-state index contributed by atoms with van der Waals surface area (Å²) in [6.45, 7) is 4.24. The molecule has 7 heteroatoms. The lowest BCUT2D eigenvalue weighted by atomic mass is 10.3. The lowest BCUT2D eigenvalue weighted by Crippen LogP contribution is -2.45. The summed E-state index contributed by atoms with van der Waals surface area (Å²) in [4.78, 5) is 27.8. The van der Waals surface area contributed by atoms with Gasteiger partial charge in [-0.2, -0.15) is 0 Å². The molecular formula is C15H19N3O3S. The lowest BCUT2D eigenvalue weighted by Gasteiger charge is -2.13. The van der Waals surface area contributed by atoms with E-state index in [0.29, 0.717) is 17.4 Å². The number of para-hydroxylation sites is 2. The van der Waals surface area contributed by atoms with E-state index in [-0.39, 0.29) is 17.6 Å². The number of rotatable bonds is 7. The largest absolute Gasteiger partial charge is 0.431 e. The third-order valence-corrected chi connectivity index (χ3v) is 3.75. The van der Waals surface area contributed by atoms with E-state index in [0.717, 1.165) is 11.9 Å². The summed E-state index contributed by atoms with van der Waals surface area (Å²) in [5.41, 5.74) is 1.45. The van der Waals surface area contributed by atoms with Crippen LogP contribution in [0.1, 0.15) is 20.3 Å². The number of hydrogen-bond donors (Lipinski definition) is 2. The van der Waals surface area contributed by atoms with Crippen molar-refractivity contribution < 1.29 is 14.0 Å². The summed E-state index contributed by atoms with van der Waals surface area (Å²) in [5.74, 6) is -0.258. The highest BCUT2D eigenvalue weighted by atomic mass is 32.2. The maximum atomic E-state index is 11.8. The van der Waals surface area contributed by atoms with Crippen molar-refractivity contribution in [3.63, 3.8) is 0 Å². The minimum atomic E-state index is -0.553. The van der Waals surface area contributed by atoms with Crippen LogP contribution in [-0.2, 0) is 9.59 Å². The van der Waals surface area contributed by atoms with Crippen LogP contribution in [-0.4, -0.2) is 35.1 Å². The van der Waals surface area contributed by atoms with Crippen LogP contribution in [0.4, 0.5) is 0 Å². The molecule has 2 aromatic rings. The monoisotopic (exact) mass is 321 g/mol. The average molecular weight is 321 g/mol. The van der Waals surface area contributed by atoms with Crippen molar-refractivity contribution in [2.75, 3.05) is 12.3 Å². The minimum absolute atomic E-state index is 0.151. The first-order valence-electron chi connectivity index (χ1n) is 7.15. The van der Waals surface area contributed by atoms with E-state index in [1.807, 2.05) is 31.2 Å². The van der Waals surface area contributed by atoms with E-state index >= 15 is 0 Å². The van der Waals surface area contributed by atoms with Gasteiger partial charge in [0, 0.05) is 6.54 Å². The average Bonchev–Trinajstić information content (AvgIpc) is 2.93. The molecule has 0 aliphatic rings. The second-order valence-corrected chi connectivity index (χ2v) is 5.74. The Labute approximate surface area is 133 Å². The first-order chi connectivity index (χ1) is 10.6. The Morgan fingerprint density at radius 1 is 1.36 bits per heavy atom. The normalized spacial score (nSPS) is 12.1. The number of oxazole rings is 1. The highest BCUT2D eigenvalue weighted by molar-refractivity contribution is 7.99. The van der Waals surface area contributed by atoms with Gasteiger partial charge in [0.05, 0.1) is 5.75 Å². The highest BCUT2D eigenvalue weighted by Crippen LogP contribution is 2.22. The van der Waals surface area contributed by atoms with Gasteiger partial charge in [-0.1, -0.05) is 30.8 Å². The molecule has 2 N–H and O–H groups in total. The molecule has 0 aliphatic carbocycles. The van der Waals surface area contributed by atoms with Crippen molar-refractivity contribution in [1.29, 1.82) is 0 Å². The van der Waals surface area contributed by atoms with Crippen molar-refractivity contribution in [2.45, 2.75) is 31.5 Å². The Bertz CT molecular complexity index is 623. The number of amides is 2. The zero-order valence-corrected chi connectivity index (χ0v) is 13.4. The van der Waals surface area contributed by atoms with Crippen LogP contribution < -0.4 is 10.6 Å². The second-order valence-electron chi connectivity index (χ2n) is 4.82. The highest BCUT2D eigenvalue weighted by Gasteiger charge is 2.16. The number of aromatic nitrogens is 1. The molecule has 0 saturated carbocycles. The van der Waals surface area contributed by atoms with Crippen LogP contribution in [0.2, 0.25) is 0 Å². The van der Waals surface area contributed by atoms with Crippen LogP contribution in [0, 0.1) is 0 Å². The first kappa shape index (κ1) is 16.4.